The monoisotopic (exact) mass is 151 g/mol. The van der Waals surface area contributed by atoms with Gasteiger partial charge in [-0.25, -0.2) is 0 Å². The third-order valence-electron chi connectivity index (χ3n) is 1.84. The first kappa shape index (κ1) is 8.09. The number of nitrogens with zero attached hydrogens (tertiary/aromatic N) is 1. The molecule has 0 aromatic heterocycles. The Morgan fingerprint density at radius 1 is 1.82 bits per heavy atom. The van der Waals surface area contributed by atoms with Gasteiger partial charge in [0.2, 0.25) is 0 Å². The van der Waals surface area contributed by atoms with Gasteiger partial charge in [0.25, 0.3) is 0 Å². The summed E-state index contributed by atoms with van der Waals surface area (Å²) in [5.74, 6) is 0.208. The van der Waals surface area contributed by atoms with Crippen LogP contribution >= 0.6 is 0 Å². The van der Waals surface area contributed by atoms with E-state index in [0.717, 1.165) is 25.1 Å². The number of carbonyl (C=O) groups excluding carboxylic acids is 1. The van der Waals surface area contributed by atoms with Gasteiger partial charge >= 0.3 is 0 Å². The molecule has 0 bridgehead atoms. The fraction of sp³-hybridized carbons (Fsp3) is 0.556. The highest BCUT2D eigenvalue weighted by Gasteiger charge is 2.16. The lowest BCUT2D eigenvalue weighted by Crippen LogP contribution is -2.23. The van der Waals surface area contributed by atoms with Gasteiger partial charge in [0.1, 0.15) is 5.78 Å². The Hall–Kier alpha value is -1.01. The van der Waals surface area contributed by atoms with Crippen molar-refractivity contribution in [3.05, 3.63) is 18.0 Å². The maximum Gasteiger partial charge on any atom is 0.149 e. The van der Waals surface area contributed by atoms with Crippen molar-refractivity contribution in [3.8, 4) is 0 Å². The van der Waals surface area contributed by atoms with E-state index in [4.69, 9.17) is 0 Å². The minimum atomic E-state index is 0.208. The highest BCUT2D eigenvalue weighted by atomic mass is 16.1. The van der Waals surface area contributed by atoms with E-state index in [9.17, 15) is 4.79 Å². The van der Waals surface area contributed by atoms with Gasteiger partial charge in [-0.3, -0.25) is 4.79 Å². The normalized spacial score (nSPS) is 16.8. The van der Waals surface area contributed by atoms with Crippen LogP contribution in [0.5, 0.6) is 0 Å². The largest absolute Gasteiger partial charge is 0.361 e. The van der Waals surface area contributed by atoms with Crippen LogP contribution in [0.4, 0.5) is 0 Å². The van der Waals surface area contributed by atoms with Crippen molar-refractivity contribution >= 4 is 5.78 Å². The minimum Gasteiger partial charge on any atom is -0.361 e. The van der Waals surface area contributed by atoms with E-state index >= 15 is 0 Å². The number of rotatable bonds is 2. The summed E-state index contributed by atoms with van der Waals surface area (Å²) in [7, 11) is 0. The van der Waals surface area contributed by atoms with Crippen molar-refractivity contribution in [2.75, 3.05) is 13.1 Å². The van der Waals surface area contributed by atoms with Gasteiger partial charge in [-0.2, -0.15) is 0 Å². The Morgan fingerprint density at radius 3 is 3.09 bits per heavy atom. The summed E-state index contributed by atoms with van der Waals surface area (Å²) in [6, 6.07) is 0. The van der Waals surface area contributed by atoms with E-state index in [1.165, 1.54) is 0 Å². The second kappa shape index (κ2) is 3.40. The number of Topliss-reactive ketones (excluding diaryl/α,β-unsaturated/α-hetero) is 1. The van der Waals surface area contributed by atoms with E-state index in [2.05, 4.69) is 17.2 Å². The van der Waals surface area contributed by atoms with Crippen molar-refractivity contribution in [1.29, 1.82) is 0 Å². The van der Waals surface area contributed by atoms with Crippen LogP contribution in [0.2, 0.25) is 0 Å². The summed E-state index contributed by atoms with van der Waals surface area (Å²) in [5, 5.41) is 0. The van der Waals surface area contributed by atoms with E-state index in [0.29, 0.717) is 6.54 Å². The topological polar surface area (TPSA) is 20.3 Å². The standard InChI is InChI=1S/C9H13NO/c1-3-9-5-4-6-10(9)7-8(2)11/h1,4-7H2,2H3. The predicted octanol–water partition coefficient (Wildman–Crippen LogP) is 1.34. The third kappa shape index (κ3) is 1.95. The first-order valence-corrected chi connectivity index (χ1v) is 3.87. The van der Waals surface area contributed by atoms with Crippen molar-refractivity contribution in [2.24, 2.45) is 0 Å². The van der Waals surface area contributed by atoms with E-state index in [1.54, 1.807) is 6.92 Å². The molecule has 60 valence electrons. The smallest absolute Gasteiger partial charge is 0.149 e. The van der Waals surface area contributed by atoms with Gasteiger partial charge in [-0.1, -0.05) is 6.58 Å². The molecule has 1 rings (SSSR count). The molecule has 0 aliphatic carbocycles. The maximum atomic E-state index is 10.8. The zero-order valence-corrected chi connectivity index (χ0v) is 6.89. The number of likely N-dealkylation sites (tertiary alicyclic amines) is 1. The quantitative estimate of drug-likeness (QED) is 0.555. The molecule has 0 aromatic carbocycles. The van der Waals surface area contributed by atoms with Gasteiger partial charge in [0, 0.05) is 6.54 Å². The minimum absolute atomic E-state index is 0.208. The summed E-state index contributed by atoms with van der Waals surface area (Å²) in [4.78, 5) is 12.8. The summed E-state index contributed by atoms with van der Waals surface area (Å²) >= 11 is 0. The first-order chi connectivity index (χ1) is 5.24. The Bertz CT molecular complexity index is 214. The molecule has 1 heterocycles. The fourth-order valence-electron chi connectivity index (χ4n) is 1.37. The van der Waals surface area contributed by atoms with Crippen LogP contribution in [0.3, 0.4) is 0 Å². The molecule has 0 N–H and O–H groups in total. The molecule has 2 heteroatoms. The molecule has 0 amide bonds. The molecule has 2 nitrogen and oxygen atoms in total. The molecule has 0 saturated carbocycles. The molecule has 1 saturated heterocycles. The predicted molar refractivity (Wildman–Crippen MR) is 44.1 cm³/mol. The van der Waals surface area contributed by atoms with Crippen molar-refractivity contribution < 1.29 is 4.79 Å². The molecule has 0 aromatic rings. The Balaban J connectivity index is 2.58. The molecule has 1 aliphatic rings. The molecule has 1 aliphatic heterocycles. The molecule has 1 fully saturated rings. The van der Waals surface area contributed by atoms with Gasteiger partial charge in [0.05, 0.1) is 12.2 Å². The van der Waals surface area contributed by atoms with E-state index in [1.807, 2.05) is 0 Å². The summed E-state index contributed by atoms with van der Waals surface area (Å²) in [6.45, 7) is 6.70. The lowest BCUT2D eigenvalue weighted by molar-refractivity contribution is -0.117. The summed E-state index contributed by atoms with van der Waals surface area (Å²) < 4.78 is 0. The van der Waals surface area contributed by atoms with Crippen LogP contribution in [0.15, 0.2) is 18.0 Å². The van der Waals surface area contributed by atoms with E-state index < -0.39 is 0 Å². The Morgan fingerprint density at radius 2 is 2.55 bits per heavy atom. The lowest BCUT2D eigenvalue weighted by Gasteiger charge is -2.15. The second-order valence-electron chi connectivity index (χ2n) is 2.85. The fourth-order valence-corrected chi connectivity index (χ4v) is 1.37. The molecule has 0 spiro atoms. The zero-order valence-electron chi connectivity index (χ0n) is 6.89. The van der Waals surface area contributed by atoms with Gasteiger partial charge in [0.15, 0.2) is 0 Å². The van der Waals surface area contributed by atoms with Gasteiger partial charge in [-0.05, 0) is 19.8 Å². The molecular formula is C9H13NO. The van der Waals surface area contributed by atoms with Gasteiger partial charge < -0.3 is 4.90 Å². The number of allylic oxidation sites excluding steroid dienone is 1. The molecule has 0 unspecified atom stereocenters. The van der Waals surface area contributed by atoms with Crippen molar-refractivity contribution in [2.45, 2.75) is 19.8 Å². The molecule has 0 atom stereocenters. The number of hydrogen-bond donors (Lipinski definition) is 0. The van der Waals surface area contributed by atoms with Crippen LogP contribution in [0, 0.1) is 0 Å². The lowest BCUT2D eigenvalue weighted by atomic mass is 10.3. The maximum absolute atomic E-state index is 10.8. The SMILES string of the molecule is C=C=C1CCCN1CC(C)=O. The Labute approximate surface area is 67.2 Å². The summed E-state index contributed by atoms with van der Waals surface area (Å²) in [6.07, 6.45) is 2.15. The van der Waals surface area contributed by atoms with Crippen LogP contribution in [0.1, 0.15) is 19.8 Å². The van der Waals surface area contributed by atoms with Crippen LogP contribution in [-0.4, -0.2) is 23.8 Å². The number of ketones is 1. The van der Waals surface area contributed by atoms with Crippen LogP contribution in [-0.2, 0) is 4.79 Å². The number of hydrogen-bond acceptors (Lipinski definition) is 2. The highest BCUT2D eigenvalue weighted by molar-refractivity contribution is 5.77. The van der Waals surface area contributed by atoms with Crippen molar-refractivity contribution in [1.82, 2.24) is 4.90 Å². The zero-order chi connectivity index (χ0) is 8.27. The van der Waals surface area contributed by atoms with Crippen LogP contribution < -0.4 is 0 Å². The molecule has 11 heavy (non-hydrogen) atoms. The van der Waals surface area contributed by atoms with Gasteiger partial charge in [-0.15, -0.1) is 5.73 Å². The van der Waals surface area contributed by atoms with Crippen molar-refractivity contribution in [3.63, 3.8) is 0 Å². The Kier molecular flexibility index (Phi) is 2.50. The molecule has 0 radical (unpaired) electrons. The first-order valence-electron chi connectivity index (χ1n) is 3.87. The molecular weight excluding hydrogens is 138 g/mol. The average molecular weight is 151 g/mol. The number of carbonyl (C=O) groups is 1. The highest BCUT2D eigenvalue weighted by Crippen LogP contribution is 2.18. The second-order valence-corrected chi connectivity index (χ2v) is 2.85. The third-order valence-corrected chi connectivity index (χ3v) is 1.84. The summed E-state index contributed by atoms with van der Waals surface area (Å²) in [5.41, 5.74) is 3.96. The average Bonchev–Trinajstić information content (AvgIpc) is 2.34. The van der Waals surface area contributed by atoms with E-state index in [-0.39, 0.29) is 5.78 Å². The van der Waals surface area contributed by atoms with Crippen LogP contribution in [0.25, 0.3) is 0 Å².